The number of hydrogen-bond donors (Lipinski definition) is 1. The molecule has 5 heteroatoms. The van der Waals surface area contributed by atoms with Gasteiger partial charge in [-0.1, -0.05) is 0 Å². The highest BCUT2D eigenvalue weighted by molar-refractivity contribution is 9.10. The Bertz CT molecular complexity index is 467. The summed E-state index contributed by atoms with van der Waals surface area (Å²) in [4.78, 5) is 4.19. The van der Waals surface area contributed by atoms with Crippen LogP contribution < -0.4 is 10.5 Å². The number of imidazole rings is 1. The highest BCUT2D eigenvalue weighted by Crippen LogP contribution is 2.17. The normalized spacial score (nSPS) is 13.0. The fourth-order valence-electron chi connectivity index (χ4n) is 1.24. The number of fused-ring (bicyclic) bond motifs is 1. The molecule has 0 amide bonds. The molecule has 4 nitrogen and oxygen atoms in total. The molecule has 0 unspecified atom stereocenters. The molecule has 2 N–H and O–H groups in total. The van der Waals surface area contributed by atoms with E-state index in [9.17, 15) is 0 Å². The SMILES string of the molecule is C[C@H](N)COc1ccc2ncc(Br)n2c1. The number of nitrogens with two attached hydrogens (primary N) is 1. The van der Waals surface area contributed by atoms with E-state index in [2.05, 4.69) is 20.9 Å². The molecule has 0 aliphatic heterocycles. The average molecular weight is 270 g/mol. The molecule has 2 heterocycles. The Morgan fingerprint density at radius 3 is 3.13 bits per heavy atom. The number of hydrogen-bond acceptors (Lipinski definition) is 3. The van der Waals surface area contributed by atoms with Crippen molar-refractivity contribution in [2.24, 2.45) is 5.73 Å². The maximum absolute atomic E-state index is 5.61. The molecule has 0 aliphatic rings. The minimum Gasteiger partial charge on any atom is -0.490 e. The Balaban J connectivity index is 2.25. The summed E-state index contributed by atoms with van der Waals surface area (Å²) < 4.78 is 8.32. The number of rotatable bonds is 3. The number of ether oxygens (including phenoxy) is 1. The molecule has 0 aliphatic carbocycles. The maximum Gasteiger partial charge on any atom is 0.137 e. The van der Waals surface area contributed by atoms with Gasteiger partial charge >= 0.3 is 0 Å². The predicted molar refractivity (Wildman–Crippen MR) is 62.0 cm³/mol. The fourth-order valence-corrected chi connectivity index (χ4v) is 1.63. The van der Waals surface area contributed by atoms with Crippen LogP contribution >= 0.6 is 15.9 Å². The fraction of sp³-hybridized carbons (Fsp3) is 0.300. The number of pyridine rings is 1. The van der Waals surface area contributed by atoms with Crippen LogP contribution in [0, 0.1) is 0 Å². The first-order valence-electron chi connectivity index (χ1n) is 4.68. The summed E-state index contributed by atoms with van der Waals surface area (Å²) >= 11 is 3.40. The number of aromatic nitrogens is 2. The van der Waals surface area contributed by atoms with Gasteiger partial charge in [0.2, 0.25) is 0 Å². The van der Waals surface area contributed by atoms with Crippen molar-refractivity contribution < 1.29 is 4.74 Å². The molecule has 2 rings (SSSR count). The molecular formula is C10H12BrN3O. The van der Waals surface area contributed by atoms with E-state index in [0.717, 1.165) is 16.0 Å². The van der Waals surface area contributed by atoms with E-state index in [0.29, 0.717) is 6.61 Å². The second kappa shape index (κ2) is 4.20. The molecule has 0 bridgehead atoms. The molecule has 2 aromatic heterocycles. The van der Waals surface area contributed by atoms with E-state index in [1.54, 1.807) is 6.20 Å². The molecule has 2 aromatic rings. The van der Waals surface area contributed by atoms with Crippen molar-refractivity contribution in [3.05, 3.63) is 29.1 Å². The Morgan fingerprint density at radius 1 is 1.60 bits per heavy atom. The summed E-state index contributed by atoms with van der Waals surface area (Å²) in [6.45, 7) is 2.42. The highest BCUT2D eigenvalue weighted by Gasteiger charge is 2.02. The van der Waals surface area contributed by atoms with E-state index in [4.69, 9.17) is 10.5 Å². The van der Waals surface area contributed by atoms with Crippen molar-refractivity contribution in [1.29, 1.82) is 0 Å². The summed E-state index contributed by atoms with van der Waals surface area (Å²) in [6.07, 6.45) is 3.64. The topological polar surface area (TPSA) is 52.5 Å². The van der Waals surface area contributed by atoms with Gasteiger partial charge in [-0.05, 0) is 35.0 Å². The lowest BCUT2D eigenvalue weighted by molar-refractivity contribution is 0.295. The van der Waals surface area contributed by atoms with Crippen molar-refractivity contribution >= 4 is 21.6 Å². The first-order chi connectivity index (χ1) is 7.16. The van der Waals surface area contributed by atoms with Crippen molar-refractivity contribution in [1.82, 2.24) is 9.38 Å². The standard InChI is InChI=1S/C10H12BrN3O/c1-7(12)6-15-8-2-3-10-13-4-9(11)14(10)5-8/h2-5,7H,6,12H2,1H3/t7-/m0/s1. The first kappa shape index (κ1) is 10.4. The molecule has 0 fully saturated rings. The molecular weight excluding hydrogens is 258 g/mol. The van der Waals surface area contributed by atoms with Gasteiger partial charge in [-0.2, -0.15) is 0 Å². The van der Waals surface area contributed by atoms with Crippen LogP contribution in [0.2, 0.25) is 0 Å². The molecule has 1 atom stereocenters. The van der Waals surface area contributed by atoms with Crippen LogP contribution in [0.25, 0.3) is 5.65 Å². The summed E-state index contributed by atoms with van der Waals surface area (Å²) in [5.74, 6) is 0.790. The lowest BCUT2D eigenvalue weighted by Gasteiger charge is -2.08. The summed E-state index contributed by atoms with van der Waals surface area (Å²) in [7, 11) is 0. The Kier molecular flexibility index (Phi) is 2.93. The van der Waals surface area contributed by atoms with Crippen LogP contribution in [0.4, 0.5) is 0 Å². The van der Waals surface area contributed by atoms with Crippen LogP contribution in [-0.4, -0.2) is 22.0 Å². The third-order valence-electron chi connectivity index (χ3n) is 1.95. The van der Waals surface area contributed by atoms with Gasteiger partial charge in [-0.3, -0.25) is 4.40 Å². The van der Waals surface area contributed by atoms with Gasteiger partial charge in [0.15, 0.2) is 0 Å². The first-order valence-corrected chi connectivity index (χ1v) is 5.47. The lowest BCUT2D eigenvalue weighted by atomic mass is 10.4. The van der Waals surface area contributed by atoms with Crippen LogP contribution in [0.5, 0.6) is 5.75 Å². The summed E-state index contributed by atoms with van der Waals surface area (Å²) in [6, 6.07) is 3.82. The second-order valence-corrected chi connectivity index (χ2v) is 4.27. The van der Waals surface area contributed by atoms with Crippen LogP contribution in [0.3, 0.4) is 0 Å². The minimum atomic E-state index is 0.0342. The predicted octanol–water partition coefficient (Wildman–Crippen LogP) is 1.82. The van der Waals surface area contributed by atoms with E-state index >= 15 is 0 Å². The van der Waals surface area contributed by atoms with Crippen LogP contribution in [-0.2, 0) is 0 Å². The van der Waals surface area contributed by atoms with Gasteiger partial charge in [0.25, 0.3) is 0 Å². The Morgan fingerprint density at radius 2 is 2.40 bits per heavy atom. The highest BCUT2D eigenvalue weighted by atomic mass is 79.9. The van der Waals surface area contributed by atoms with Gasteiger partial charge in [0, 0.05) is 6.04 Å². The van der Waals surface area contributed by atoms with Crippen LogP contribution in [0.1, 0.15) is 6.92 Å². The summed E-state index contributed by atoms with van der Waals surface area (Å²) in [5.41, 5.74) is 6.49. The Labute approximate surface area is 96.2 Å². The van der Waals surface area contributed by atoms with Gasteiger partial charge in [-0.25, -0.2) is 4.98 Å². The molecule has 0 saturated heterocycles. The van der Waals surface area contributed by atoms with Crippen molar-refractivity contribution in [2.75, 3.05) is 6.61 Å². The molecule has 0 radical (unpaired) electrons. The molecule has 0 aromatic carbocycles. The number of nitrogens with zero attached hydrogens (tertiary/aromatic N) is 2. The second-order valence-electron chi connectivity index (χ2n) is 3.46. The largest absolute Gasteiger partial charge is 0.490 e. The van der Waals surface area contributed by atoms with E-state index in [1.807, 2.05) is 29.7 Å². The third kappa shape index (κ3) is 2.30. The van der Waals surface area contributed by atoms with Gasteiger partial charge < -0.3 is 10.5 Å². The average Bonchev–Trinajstić information content (AvgIpc) is 2.57. The van der Waals surface area contributed by atoms with E-state index in [1.165, 1.54) is 0 Å². The molecule has 15 heavy (non-hydrogen) atoms. The zero-order valence-corrected chi connectivity index (χ0v) is 9.94. The minimum absolute atomic E-state index is 0.0342. The molecule has 0 saturated carbocycles. The van der Waals surface area contributed by atoms with E-state index in [-0.39, 0.29) is 6.04 Å². The number of halogens is 1. The van der Waals surface area contributed by atoms with Crippen molar-refractivity contribution in [2.45, 2.75) is 13.0 Å². The quantitative estimate of drug-likeness (QED) is 0.925. The molecule has 0 spiro atoms. The van der Waals surface area contributed by atoms with Crippen molar-refractivity contribution in [3.63, 3.8) is 0 Å². The van der Waals surface area contributed by atoms with E-state index < -0.39 is 0 Å². The lowest BCUT2D eigenvalue weighted by Crippen LogP contribution is -2.23. The molecule has 80 valence electrons. The van der Waals surface area contributed by atoms with Gasteiger partial charge in [-0.15, -0.1) is 0 Å². The monoisotopic (exact) mass is 269 g/mol. The maximum atomic E-state index is 5.61. The van der Waals surface area contributed by atoms with Gasteiger partial charge in [0.1, 0.15) is 22.6 Å². The zero-order valence-electron chi connectivity index (χ0n) is 8.35. The smallest absolute Gasteiger partial charge is 0.137 e. The zero-order chi connectivity index (χ0) is 10.8. The van der Waals surface area contributed by atoms with Crippen LogP contribution in [0.15, 0.2) is 29.1 Å². The summed E-state index contributed by atoms with van der Waals surface area (Å²) in [5, 5.41) is 0. The van der Waals surface area contributed by atoms with Gasteiger partial charge in [0.05, 0.1) is 12.4 Å². The third-order valence-corrected chi connectivity index (χ3v) is 2.53. The Hall–Kier alpha value is -1.07. The van der Waals surface area contributed by atoms with Crippen molar-refractivity contribution in [3.8, 4) is 5.75 Å².